The zero-order chi connectivity index (χ0) is 38.9. The number of hydrogen-bond donors (Lipinski definition) is 12. The molecule has 0 aliphatic carbocycles. The van der Waals surface area contributed by atoms with Gasteiger partial charge in [-0.3, -0.25) is 24.0 Å². The van der Waals surface area contributed by atoms with Crippen LogP contribution in [0, 0.1) is 0 Å². The fourth-order valence-electron chi connectivity index (χ4n) is 5.99. The molecule has 0 radical (unpaired) electrons. The monoisotopic (exact) mass is 740 g/mol. The molecule has 0 aromatic heterocycles. The van der Waals surface area contributed by atoms with Gasteiger partial charge in [0.25, 0.3) is 0 Å². The summed E-state index contributed by atoms with van der Waals surface area (Å²) in [5.74, 6) is -3.12. The van der Waals surface area contributed by atoms with Crippen LogP contribution in [0.25, 0.3) is 11.1 Å². The molecule has 0 saturated heterocycles. The highest BCUT2D eigenvalue weighted by molar-refractivity contribution is 5.95. The SMILES string of the molecule is NCCC[C@@H](CC(=O)NCCN)NC(=O)[C@H](CCCN)NC(=O)C1Cc2cccc(c2)-c2ccc(O)c(c2)C[C@H](N)C(=O)N[C@@H](C[C@@H](O)CN)C(=O)N1. The van der Waals surface area contributed by atoms with Crippen LogP contribution in [0.4, 0.5) is 0 Å². The van der Waals surface area contributed by atoms with Crippen LogP contribution in [0.5, 0.6) is 5.75 Å². The summed E-state index contributed by atoms with van der Waals surface area (Å²) in [5, 5.41) is 34.5. The first kappa shape index (κ1) is 42.8. The Morgan fingerprint density at radius 2 is 1.58 bits per heavy atom. The second-order valence-corrected chi connectivity index (χ2v) is 13.3. The van der Waals surface area contributed by atoms with Crippen LogP contribution in [0.1, 0.15) is 49.7 Å². The molecule has 2 aromatic rings. The van der Waals surface area contributed by atoms with Gasteiger partial charge in [-0.05, 0) is 73.2 Å². The van der Waals surface area contributed by atoms with Gasteiger partial charge >= 0.3 is 0 Å². The molecule has 0 spiro atoms. The largest absolute Gasteiger partial charge is 0.508 e. The Labute approximate surface area is 309 Å². The van der Waals surface area contributed by atoms with E-state index in [1.54, 1.807) is 24.3 Å². The molecule has 1 aliphatic rings. The summed E-state index contributed by atoms with van der Waals surface area (Å²) in [4.78, 5) is 67.4. The van der Waals surface area contributed by atoms with Crippen molar-refractivity contribution in [1.82, 2.24) is 26.6 Å². The fraction of sp³-hybridized carbons (Fsp3) is 0.528. The first-order valence-electron chi connectivity index (χ1n) is 18.0. The highest BCUT2D eigenvalue weighted by Gasteiger charge is 2.32. The number of phenolic OH excluding ortho intramolecular Hbond substituents is 1. The number of aliphatic hydroxyl groups is 1. The van der Waals surface area contributed by atoms with E-state index in [1.165, 1.54) is 6.07 Å². The fourth-order valence-corrected chi connectivity index (χ4v) is 5.99. The second-order valence-electron chi connectivity index (χ2n) is 13.3. The van der Waals surface area contributed by atoms with Crippen LogP contribution < -0.4 is 55.3 Å². The average molecular weight is 741 g/mol. The van der Waals surface area contributed by atoms with E-state index in [2.05, 4.69) is 26.6 Å². The third-order valence-electron chi connectivity index (χ3n) is 8.93. The van der Waals surface area contributed by atoms with Gasteiger partial charge in [-0.25, -0.2) is 0 Å². The molecule has 3 rings (SSSR count). The van der Waals surface area contributed by atoms with Gasteiger partial charge in [0.15, 0.2) is 0 Å². The van der Waals surface area contributed by atoms with Crippen molar-refractivity contribution in [3.05, 3.63) is 53.6 Å². The van der Waals surface area contributed by atoms with Gasteiger partial charge in [-0.1, -0.05) is 30.3 Å². The average Bonchev–Trinajstić information content (AvgIpc) is 3.14. The Kier molecular flexibility index (Phi) is 17.6. The molecule has 0 saturated carbocycles. The van der Waals surface area contributed by atoms with Gasteiger partial charge in [0.2, 0.25) is 29.5 Å². The first-order chi connectivity index (χ1) is 25.4. The first-order valence-corrected chi connectivity index (χ1v) is 18.0. The number of benzene rings is 2. The van der Waals surface area contributed by atoms with Gasteiger partial charge in [0.05, 0.1) is 12.1 Å². The summed E-state index contributed by atoms with van der Waals surface area (Å²) < 4.78 is 0. The molecule has 17 nitrogen and oxygen atoms in total. The summed E-state index contributed by atoms with van der Waals surface area (Å²) in [6.07, 6.45) is -0.0698. The molecular weight excluding hydrogens is 684 g/mol. The summed E-state index contributed by atoms with van der Waals surface area (Å²) in [6, 6.07) is 6.72. The minimum atomic E-state index is -1.34. The molecule has 53 heavy (non-hydrogen) atoms. The lowest BCUT2D eigenvalue weighted by Crippen LogP contribution is -2.59. The normalized spacial score (nSPS) is 19.3. The molecular formula is C36H56N10O7. The highest BCUT2D eigenvalue weighted by Crippen LogP contribution is 2.28. The van der Waals surface area contributed by atoms with E-state index in [-0.39, 0.29) is 69.9 Å². The number of aromatic hydroxyl groups is 1. The summed E-state index contributed by atoms with van der Waals surface area (Å²) in [7, 11) is 0. The van der Waals surface area contributed by atoms with E-state index in [0.717, 1.165) is 11.1 Å². The van der Waals surface area contributed by atoms with Crippen LogP contribution in [0.15, 0.2) is 42.5 Å². The number of nitrogens with one attached hydrogen (secondary N) is 5. The molecule has 6 atom stereocenters. The number of nitrogens with two attached hydrogens (primary N) is 5. The lowest BCUT2D eigenvalue weighted by Gasteiger charge is -2.27. The standard InChI is InChI=1S/C36H56N10O7/c37-10-2-6-25(18-32(49)42-13-12-39)43-34(51)28(7-3-11-38)44-35(52)29-15-21-4-1-5-22(14-21)23-8-9-31(48)24(16-23)17-27(41)33(50)45-30(36(53)46-29)19-26(47)20-40/h1,4-5,8-9,14,16,25-30,47-48H,2-3,6-7,10-13,15,17-20,37-41H2,(H,42,49)(H,43,51)(H,44,52)(H,45,50)(H,46,53)/t25-,26+,27-,28-,29?,30-/m0/s1. The number of aliphatic hydroxyl groups excluding tert-OH is 1. The predicted octanol–water partition coefficient (Wildman–Crippen LogP) is -2.92. The van der Waals surface area contributed by atoms with Crippen LogP contribution >= 0.6 is 0 Å². The van der Waals surface area contributed by atoms with Crippen molar-refractivity contribution in [1.29, 1.82) is 0 Å². The summed E-state index contributed by atoms with van der Waals surface area (Å²) in [6.45, 7) is 0.905. The minimum Gasteiger partial charge on any atom is -0.508 e. The van der Waals surface area contributed by atoms with Crippen molar-refractivity contribution in [3.63, 3.8) is 0 Å². The van der Waals surface area contributed by atoms with Crippen molar-refractivity contribution in [2.45, 2.75) is 87.7 Å². The van der Waals surface area contributed by atoms with Crippen molar-refractivity contribution >= 4 is 29.5 Å². The number of carbonyl (C=O) groups excluding carboxylic acids is 5. The van der Waals surface area contributed by atoms with Crippen LogP contribution in [-0.2, 0) is 36.8 Å². The Morgan fingerprint density at radius 3 is 2.28 bits per heavy atom. The summed E-state index contributed by atoms with van der Waals surface area (Å²) >= 11 is 0. The number of amides is 5. The maximum atomic E-state index is 14.1. The molecule has 1 heterocycles. The number of rotatable bonds is 17. The van der Waals surface area contributed by atoms with Crippen LogP contribution in [-0.4, -0.2) is 109 Å². The third-order valence-corrected chi connectivity index (χ3v) is 8.93. The molecule has 17 heteroatoms. The number of fused-ring (bicyclic) bond motifs is 5. The maximum absolute atomic E-state index is 14.1. The number of hydrogen-bond acceptors (Lipinski definition) is 12. The Hall–Kier alpha value is -4.65. The maximum Gasteiger partial charge on any atom is 0.243 e. The molecule has 1 aliphatic heterocycles. The predicted molar refractivity (Wildman–Crippen MR) is 200 cm³/mol. The number of carbonyl (C=O) groups is 5. The topological polar surface area (TPSA) is 316 Å². The van der Waals surface area contributed by atoms with Gasteiger partial charge < -0.3 is 65.5 Å². The Bertz CT molecular complexity index is 1540. The molecule has 2 aromatic carbocycles. The van der Waals surface area contributed by atoms with E-state index < -0.39 is 59.9 Å². The zero-order valence-corrected chi connectivity index (χ0v) is 30.0. The van der Waals surface area contributed by atoms with Crippen molar-refractivity contribution in [2.24, 2.45) is 28.7 Å². The molecule has 292 valence electrons. The Balaban J connectivity index is 1.98. The zero-order valence-electron chi connectivity index (χ0n) is 30.0. The van der Waals surface area contributed by atoms with E-state index in [0.29, 0.717) is 36.9 Å². The van der Waals surface area contributed by atoms with Gasteiger partial charge in [0, 0.05) is 51.4 Å². The third kappa shape index (κ3) is 13.7. The molecule has 5 amide bonds. The smallest absolute Gasteiger partial charge is 0.243 e. The molecule has 1 unspecified atom stereocenters. The lowest BCUT2D eigenvalue weighted by molar-refractivity contribution is -0.134. The minimum absolute atomic E-state index is 0.0216. The van der Waals surface area contributed by atoms with Crippen LogP contribution in [0.3, 0.4) is 0 Å². The number of phenols is 1. The quantitative estimate of drug-likeness (QED) is 0.0776. The van der Waals surface area contributed by atoms with Gasteiger partial charge in [0.1, 0.15) is 23.9 Å². The van der Waals surface area contributed by atoms with E-state index in [1.807, 2.05) is 12.1 Å². The molecule has 4 bridgehead atoms. The molecule has 0 fully saturated rings. The molecule has 17 N–H and O–H groups in total. The van der Waals surface area contributed by atoms with Gasteiger partial charge in [-0.2, -0.15) is 0 Å². The highest BCUT2D eigenvalue weighted by atomic mass is 16.3. The van der Waals surface area contributed by atoms with Crippen molar-refractivity contribution in [2.75, 3.05) is 32.7 Å². The van der Waals surface area contributed by atoms with E-state index in [9.17, 15) is 34.2 Å². The van der Waals surface area contributed by atoms with E-state index in [4.69, 9.17) is 28.7 Å². The van der Waals surface area contributed by atoms with Crippen molar-refractivity contribution in [3.8, 4) is 16.9 Å². The van der Waals surface area contributed by atoms with E-state index >= 15 is 0 Å². The van der Waals surface area contributed by atoms with Gasteiger partial charge in [-0.15, -0.1) is 0 Å². The summed E-state index contributed by atoms with van der Waals surface area (Å²) in [5.41, 5.74) is 31.3. The van der Waals surface area contributed by atoms with Crippen molar-refractivity contribution < 1.29 is 34.2 Å². The van der Waals surface area contributed by atoms with Crippen LogP contribution in [0.2, 0.25) is 0 Å². The lowest BCUT2D eigenvalue weighted by atomic mass is 9.96. The second kappa shape index (κ2) is 21.8. The Morgan fingerprint density at radius 1 is 0.868 bits per heavy atom.